The highest BCUT2D eigenvalue weighted by Gasteiger charge is 2.22. The lowest BCUT2D eigenvalue weighted by molar-refractivity contribution is 0.631. The summed E-state index contributed by atoms with van der Waals surface area (Å²) < 4.78 is 2.27. The molecule has 2 nitrogen and oxygen atoms in total. The number of imidazole rings is 1. The minimum atomic E-state index is 0.890. The molecule has 1 aromatic carbocycles. The lowest BCUT2D eigenvalue weighted by Gasteiger charge is -2.06. The van der Waals surface area contributed by atoms with Crippen LogP contribution in [0.5, 0.6) is 0 Å². The van der Waals surface area contributed by atoms with E-state index in [-0.39, 0.29) is 0 Å². The molecule has 0 bridgehead atoms. The van der Waals surface area contributed by atoms with Crippen LogP contribution in [0.1, 0.15) is 12.8 Å². The molecule has 15 heavy (non-hydrogen) atoms. The molecule has 1 fully saturated rings. The first-order valence-corrected chi connectivity index (χ1v) is 5.49. The average molecular weight is 198 g/mol. The summed E-state index contributed by atoms with van der Waals surface area (Å²) in [7, 11) is 0. The minimum absolute atomic E-state index is 0.890. The van der Waals surface area contributed by atoms with Gasteiger partial charge < -0.3 is 4.57 Å². The molecule has 1 aliphatic rings. The first-order valence-electron chi connectivity index (χ1n) is 5.49. The molecule has 3 rings (SSSR count). The maximum atomic E-state index is 4.24. The van der Waals surface area contributed by atoms with Crippen molar-refractivity contribution < 1.29 is 0 Å². The average Bonchev–Trinajstić information content (AvgIpc) is 2.96. The Morgan fingerprint density at radius 3 is 2.73 bits per heavy atom. The zero-order valence-corrected chi connectivity index (χ0v) is 8.63. The molecular formula is C13H14N2. The Hall–Kier alpha value is -1.57. The van der Waals surface area contributed by atoms with Crippen LogP contribution in [0.4, 0.5) is 0 Å². The Morgan fingerprint density at radius 2 is 2.00 bits per heavy atom. The summed E-state index contributed by atoms with van der Waals surface area (Å²) in [6.07, 6.45) is 6.66. The van der Waals surface area contributed by atoms with Gasteiger partial charge in [0, 0.05) is 6.54 Å². The fourth-order valence-electron chi connectivity index (χ4n) is 1.89. The van der Waals surface area contributed by atoms with Crippen LogP contribution in [0.2, 0.25) is 0 Å². The van der Waals surface area contributed by atoms with Crippen molar-refractivity contribution in [2.45, 2.75) is 19.4 Å². The maximum Gasteiger partial charge on any atom is 0.0951 e. The van der Waals surface area contributed by atoms with Crippen molar-refractivity contribution >= 4 is 0 Å². The second kappa shape index (κ2) is 3.54. The highest BCUT2D eigenvalue weighted by molar-refractivity contribution is 5.58. The van der Waals surface area contributed by atoms with Crippen molar-refractivity contribution in [2.24, 2.45) is 5.92 Å². The smallest absolute Gasteiger partial charge is 0.0951 e. The Kier molecular flexibility index (Phi) is 2.05. The van der Waals surface area contributed by atoms with Gasteiger partial charge in [-0.25, -0.2) is 4.98 Å². The van der Waals surface area contributed by atoms with E-state index in [2.05, 4.69) is 33.8 Å². The maximum absolute atomic E-state index is 4.24. The van der Waals surface area contributed by atoms with Crippen molar-refractivity contribution in [3.8, 4) is 11.3 Å². The summed E-state index contributed by atoms with van der Waals surface area (Å²) in [5, 5.41) is 0. The van der Waals surface area contributed by atoms with E-state index in [9.17, 15) is 0 Å². The van der Waals surface area contributed by atoms with Crippen LogP contribution in [0.25, 0.3) is 11.3 Å². The number of benzene rings is 1. The van der Waals surface area contributed by atoms with Crippen LogP contribution in [0, 0.1) is 5.92 Å². The van der Waals surface area contributed by atoms with Crippen LogP contribution in [-0.2, 0) is 6.54 Å². The molecule has 1 aliphatic carbocycles. The summed E-state index contributed by atoms with van der Waals surface area (Å²) >= 11 is 0. The summed E-state index contributed by atoms with van der Waals surface area (Å²) in [6, 6.07) is 10.5. The summed E-state index contributed by atoms with van der Waals surface area (Å²) in [5.41, 5.74) is 2.50. The van der Waals surface area contributed by atoms with Crippen LogP contribution < -0.4 is 0 Å². The van der Waals surface area contributed by atoms with Gasteiger partial charge in [-0.2, -0.15) is 0 Å². The molecule has 2 aromatic rings. The molecule has 0 radical (unpaired) electrons. The van der Waals surface area contributed by atoms with Crippen molar-refractivity contribution in [3.05, 3.63) is 42.9 Å². The van der Waals surface area contributed by atoms with Gasteiger partial charge in [0.2, 0.25) is 0 Å². The Labute approximate surface area is 89.6 Å². The van der Waals surface area contributed by atoms with E-state index >= 15 is 0 Å². The van der Waals surface area contributed by atoms with Crippen LogP contribution in [0.3, 0.4) is 0 Å². The van der Waals surface area contributed by atoms with Crippen molar-refractivity contribution in [1.29, 1.82) is 0 Å². The molecule has 0 atom stereocenters. The predicted molar refractivity (Wildman–Crippen MR) is 60.4 cm³/mol. The minimum Gasteiger partial charge on any atom is -0.330 e. The molecule has 76 valence electrons. The highest BCUT2D eigenvalue weighted by atomic mass is 15.0. The third-order valence-corrected chi connectivity index (χ3v) is 2.93. The second-order valence-electron chi connectivity index (χ2n) is 4.24. The van der Waals surface area contributed by atoms with Crippen LogP contribution in [0.15, 0.2) is 42.9 Å². The fourth-order valence-corrected chi connectivity index (χ4v) is 1.89. The monoisotopic (exact) mass is 198 g/mol. The van der Waals surface area contributed by atoms with E-state index in [4.69, 9.17) is 0 Å². The number of hydrogen-bond donors (Lipinski definition) is 0. The molecule has 1 aromatic heterocycles. The van der Waals surface area contributed by atoms with Crippen molar-refractivity contribution in [1.82, 2.24) is 9.55 Å². The number of aromatic nitrogens is 2. The molecule has 0 spiro atoms. The van der Waals surface area contributed by atoms with Gasteiger partial charge in [0.25, 0.3) is 0 Å². The van der Waals surface area contributed by atoms with Crippen LogP contribution >= 0.6 is 0 Å². The van der Waals surface area contributed by atoms with Crippen molar-refractivity contribution in [2.75, 3.05) is 0 Å². The molecule has 1 heterocycles. The third-order valence-electron chi connectivity index (χ3n) is 2.93. The SMILES string of the molecule is c1ccc(-c2cncn2CC2CC2)cc1. The lowest BCUT2D eigenvalue weighted by atomic mass is 10.2. The zero-order chi connectivity index (χ0) is 10.1. The van der Waals surface area contributed by atoms with E-state index < -0.39 is 0 Å². The summed E-state index contributed by atoms with van der Waals surface area (Å²) in [5.74, 6) is 0.890. The fraction of sp³-hybridized carbons (Fsp3) is 0.308. The summed E-state index contributed by atoms with van der Waals surface area (Å²) in [4.78, 5) is 4.24. The van der Waals surface area contributed by atoms with Gasteiger partial charge in [0.05, 0.1) is 18.2 Å². The van der Waals surface area contributed by atoms with Crippen LogP contribution in [-0.4, -0.2) is 9.55 Å². The molecule has 0 saturated heterocycles. The first-order chi connectivity index (χ1) is 7.43. The zero-order valence-electron chi connectivity index (χ0n) is 8.63. The van der Waals surface area contributed by atoms with Crippen molar-refractivity contribution in [3.63, 3.8) is 0 Å². The summed E-state index contributed by atoms with van der Waals surface area (Å²) in [6.45, 7) is 1.13. The van der Waals surface area contributed by atoms with Gasteiger partial charge >= 0.3 is 0 Å². The normalized spacial score (nSPS) is 15.5. The standard InChI is InChI=1S/C13H14N2/c1-2-4-12(5-3-1)13-8-14-10-15(13)9-11-6-7-11/h1-5,8,10-11H,6-7,9H2. The Bertz CT molecular complexity index is 441. The molecule has 0 amide bonds. The van der Waals surface area contributed by atoms with Gasteiger partial charge in [0.15, 0.2) is 0 Å². The van der Waals surface area contributed by atoms with Gasteiger partial charge in [-0.3, -0.25) is 0 Å². The molecule has 0 unspecified atom stereocenters. The third kappa shape index (κ3) is 1.80. The largest absolute Gasteiger partial charge is 0.330 e. The number of nitrogens with zero attached hydrogens (tertiary/aromatic N) is 2. The second-order valence-corrected chi connectivity index (χ2v) is 4.24. The van der Waals surface area contributed by atoms with E-state index in [1.165, 1.54) is 24.1 Å². The van der Waals surface area contributed by atoms with Gasteiger partial charge in [-0.1, -0.05) is 30.3 Å². The predicted octanol–water partition coefficient (Wildman–Crippen LogP) is 2.96. The topological polar surface area (TPSA) is 17.8 Å². The first kappa shape index (κ1) is 8.72. The number of hydrogen-bond acceptors (Lipinski definition) is 1. The Balaban J connectivity index is 1.93. The molecule has 0 N–H and O–H groups in total. The van der Waals surface area contributed by atoms with Gasteiger partial charge in [-0.15, -0.1) is 0 Å². The number of rotatable bonds is 3. The van der Waals surface area contributed by atoms with E-state index in [1.54, 1.807) is 0 Å². The molecule has 2 heteroatoms. The Morgan fingerprint density at radius 1 is 1.20 bits per heavy atom. The highest BCUT2D eigenvalue weighted by Crippen LogP contribution is 2.32. The van der Waals surface area contributed by atoms with E-state index in [0.717, 1.165) is 12.5 Å². The molecule has 0 aliphatic heterocycles. The van der Waals surface area contributed by atoms with Gasteiger partial charge in [-0.05, 0) is 24.3 Å². The van der Waals surface area contributed by atoms with E-state index in [0.29, 0.717) is 0 Å². The quantitative estimate of drug-likeness (QED) is 0.741. The molecular weight excluding hydrogens is 184 g/mol. The van der Waals surface area contributed by atoms with E-state index in [1.807, 2.05) is 18.6 Å². The lowest BCUT2D eigenvalue weighted by Crippen LogP contribution is -1.99. The molecule has 1 saturated carbocycles. The van der Waals surface area contributed by atoms with Gasteiger partial charge in [0.1, 0.15) is 0 Å².